The van der Waals surface area contributed by atoms with Crippen LogP contribution in [0.4, 0.5) is 0 Å². The highest BCUT2D eigenvalue weighted by molar-refractivity contribution is 5.34. The van der Waals surface area contributed by atoms with E-state index in [2.05, 4.69) is 10.2 Å². The van der Waals surface area contributed by atoms with Crippen molar-refractivity contribution in [3.8, 4) is 11.6 Å². The molecule has 0 atom stereocenters. The summed E-state index contributed by atoms with van der Waals surface area (Å²) in [5.41, 5.74) is 7.61. The minimum atomic E-state index is 0.579. The van der Waals surface area contributed by atoms with E-state index < -0.39 is 0 Å². The third-order valence-corrected chi connectivity index (χ3v) is 2.58. The maximum atomic E-state index is 5.80. The zero-order valence-corrected chi connectivity index (χ0v) is 10.3. The zero-order valence-electron chi connectivity index (χ0n) is 10.3. The second kappa shape index (κ2) is 4.58. The fraction of sp³-hybridized carbons (Fsp3) is 0.455. The van der Waals surface area contributed by atoms with Crippen LogP contribution >= 0.6 is 0 Å². The average molecular weight is 235 g/mol. The summed E-state index contributed by atoms with van der Waals surface area (Å²) in [5.74, 6) is 1.44. The minimum Gasteiger partial charge on any atom is -0.436 e. The molecule has 0 spiro atoms. The van der Waals surface area contributed by atoms with Gasteiger partial charge in [0.2, 0.25) is 5.88 Å². The summed E-state index contributed by atoms with van der Waals surface area (Å²) in [6, 6.07) is 0. The summed E-state index contributed by atoms with van der Waals surface area (Å²) in [6.45, 7) is 2.54. The maximum Gasteiger partial charge on any atom is 0.221 e. The van der Waals surface area contributed by atoms with Crippen molar-refractivity contribution >= 4 is 0 Å². The minimum absolute atomic E-state index is 0.579. The number of aromatic nitrogens is 4. The largest absolute Gasteiger partial charge is 0.436 e. The van der Waals surface area contributed by atoms with E-state index in [1.807, 2.05) is 27.2 Å². The Bertz CT molecular complexity index is 514. The molecule has 2 heterocycles. The number of aryl methyl sites for hydroxylation is 3. The monoisotopic (exact) mass is 235 g/mol. The Morgan fingerprint density at radius 1 is 1.41 bits per heavy atom. The highest BCUT2D eigenvalue weighted by Crippen LogP contribution is 2.26. The van der Waals surface area contributed by atoms with Gasteiger partial charge in [-0.3, -0.25) is 4.68 Å². The van der Waals surface area contributed by atoms with E-state index in [0.717, 1.165) is 23.6 Å². The van der Waals surface area contributed by atoms with E-state index in [1.165, 1.54) is 0 Å². The molecule has 92 valence electrons. The summed E-state index contributed by atoms with van der Waals surface area (Å²) in [7, 11) is 3.71. The molecule has 0 aromatic carbocycles. The van der Waals surface area contributed by atoms with Crippen molar-refractivity contribution in [3.05, 3.63) is 23.7 Å². The lowest BCUT2D eigenvalue weighted by molar-refractivity contribution is 0.425. The number of hydrogen-bond acceptors (Lipinski definition) is 4. The van der Waals surface area contributed by atoms with Crippen LogP contribution in [0.2, 0.25) is 0 Å². The third kappa shape index (κ3) is 2.31. The molecule has 17 heavy (non-hydrogen) atoms. The van der Waals surface area contributed by atoms with Crippen LogP contribution < -0.4 is 10.5 Å². The Hall–Kier alpha value is -1.82. The molecule has 0 radical (unpaired) electrons. The van der Waals surface area contributed by atoms with E-state index in [9.17, 15) is 0 Å². The quantitative estimate of drug-likeness (QED) is 0.849. The van der Waals surface area contributed by atoms with E-state index in [4.69, 9.17) is 10.5 Å². The summed E-state index contributed by atoms with van der Waals surface area (Å²) < 4.78 is 9.22. The third-order valence-electron chi connectivity index (χ3n) is 2.58. The molecule has 0 amide bonds. The smallest absolute Gasteiger partial charge is 0.221 e. The standard InChI is InChI=1S/C11H17N5O/c1-8-10(4-5-12)11(16(3)14-8)17-9-6-13-15(2)7-9/h6-7H,4-5,12H2,1-3H3. The van der Waals surface area contributed by atoms with Crippen molar-refractivity contribution in [1.29, 1.82) is 0 Å². The lowest BCUT2D eigenvalue weighted by Crippen LogP contribution is -2.04. The fourth-order valence-electron chi connectivity index (χ4n) is 1.80. The van der Waals surface area contributed by atoms with Gasteiger partial charge in [-0.05, 0) is 19.9 Å². The van der Waals surface area contributed by atoms with Gasteiger partial charge in [-0.15, -0.1) is 0 Å². The Balaban J connectivity index is 2.31. The molecule has 2 aromatic rings. The lowest BCUT2D eigenvalue weighted by Gasteiger charge is -2.05. The van der Waals surface area contributed by atoms with Gasteiger partial charge in [0.25, 0.3) is 0 Å². The van der Waals surface area contributed by atoms with Gasteiger partial charge < -0.3 is 10.5 Å². The Labute approximate surface area is 100.0 Å². The normalized spacial score (nSPS) is 10.8. The molecular weight excluding hydrogens is 218 g/mol. The molecular formula is C11H17N5O. The van der Waals surface area contributed by atoms with Crippen molar-refractivity contribution in [3.63, 3.8) is 0 Å². The van der Waals surface area contributed by atoms with Gasteiger partial charge in [-0.2, -0.15) is 10.2 Å². The van der Waals surface area contributed by atoms with Crippen LogP contribution in [0.3, 0.4) is 0 Å². The number of ether oxygens (including phenoxy) is 1. The molecule has 2 rings (SSSR count). The molecule has 0 bridgehead atoms. The van der Waals surface area contributed by atoms with Crippen LogP contribution in [0.15, 0.2) is 12.4 Å². The highest BCUT2D eigenvalue weighted by Gasteiger charge is 2.15. The van der Waals surface area contributed by atoms with E-state index >= 15 is 0 Å². The van der Waals surface area contributed by atoms with Crippen LogP contribution in [-0.2, 0) is 20.5 Å². The first kappa shape index (κ1) is 11.7. The number of nitrogens with two attached hydrogens (primary N) is 1. The van der Waals surface area contributed by atoms with Gasteiger partial charge in [0, 0.05) is 19.7 Å². The molecule has 6 heteroatoms. The zero-order chi connectivity index (χ0) is 12.4. The van der Waals surface area contributed by atoms with Gasteiger partial charge in [-0.25, -0.2) is 4.68 Å². The van der Waals surface area contributed by atoms with Crippen molar-refractivity contribution in [2.75, 3.05) is 6.54 Å². The predicted molar refractivity (Wildman–Crippen MR) is 64.0 cm³/mol. The molecule has 2 aromatic heterocycles. The molecule has 0 unspecified atom stereocenters. The van der Waals surface area contributed by atoms with Crippen LogP contribution in [0, 0.1) is 6.92 Å². The predicted octanol–water partition coefficient (Wildman–Crippen LogP) is 0.756. The van der Waals surface area contributed by atoms with E-state index in [1.54, 1.807) is 15.6 Å². The molecule has 6 nitrogen and oxygen atoms in total. The van der Waals surface area contributed by atoms with Crippen molar-refractivity contribution in [1.82, 2.24) is 19.6 Å². The number of nitrogens with zero attached hydrogens (tertiary/aromatic N) is 4. The Kier molecular flexibility index (Phi) is 3.14. The van der Waals surface area contributed by atoms with E-state index in [-0.39, 0.29) is 0 Å². The van der Waals surface area contributed by atoms with Crippen LogP contribution in [0.1, 0.15) is 11.3 Å². The van der Waals surface area contributed by atoms with Crippen LogP contribution in [0.5, 0.6) is 11.6 Å². The topological polar surface area (TPSA) is 70.9 Å². The summed E-state index contributed by atoms with van der Waals surface area (Å²) in [4.78, 5) is 0. The average Bonchev–Trinajstić information content (AvgIpc) is 2.78. The second-order valence-corrected chi connectivity index (χ2v) is 3.98. The van der Waals surface area contributed by atoms with Crippen molar-refractivity contribution < 1.29 is 4.74 Å². The summed E-state index contributed by atoms with van der Waals surface area (Å²) >= 11 is 0. The van der Waals surface area contributed by atoms with Gasteiger partial charge >= 0.3 is 0 Å². The van der Waals surface area contributed by atoms with Crippen LogP contribution in [-0.4, -0.2) is 26.1 Å². The molecule has 0 saturated heterocycles. The lowest BCUT2D eigenvalue weighted by atomic mass is 10.2. The Morgan fingerprint density at radius 3 is 2.76 bits per heavy atom. The number of hydrogen-bond donors (Lipinski definition) is 1. The first-order valence-corrected chi connectivity index (χ1v) is 5.51. The maximum absolute atomic E-state index is 5.80. The molecule has 0 aliphatic carbocycles. The molecule has 0 saturated carbocycles. The fourth-order valence-corrected chi connectivity index (χ4v) is 1.80. The SMILES string of the molecule is Cc1nn(C)c(Oc2cnn(C)c2)c1CCN. The molecule has 0 fully saturated rings. The van der Waals surface area contributed by atoms with Gasteiger partial charge in [0.1, 0.15) is 0 Å². The second-order valence-electron chi connectivity index (χ2n) is 3.98. The molecule has 0 aliphatic heterocycles. The van der Waals surface area contributed by atoms with Crippen molar-refractivity contribution in [2.24, 2.45) is 19.8 Å². The van der Waals surface area contributed by atoms with E-state index in [0.29, 0.717) is 12.3 Å². The summed E-state index contributed by atoms with van der Waals surface area (Å²) in [6.07, 6.45) is 4.25. The van der Waals surface area contributed by atoms with Crippen LogP contribution in [0.25, 0.3) is 0 Å². The van der Waals surface area contributed by atoms with Crippen molar-refractivity contribution in [2.45, 2.75) is 13.3 Å². The van der Waals surface area contributed by atoms with Gasteiger partial charge in [-0.1, -0.05) is 0 Å². The highest BCUT2D eigenvalue weighted by atomic mass is 16.5. The Morgan fingerprint density at radius 2 is 2.18 bits per heavy atom. The first-order valence-electron chi connectivity index (χ1n) is 5.51. The molecule has 0 aliphatic rings. The first-order chi connectivity index (χ1) is 8.11. The molecule has 2 N–H and O–H groups in total. The van der Waals surface area contributed by atoms with Gasteiger partial charge in [0.15, 0.2) is 5.75 Å². The number of rotatable bonds is 4. The summed E-state index contributed by atoms with van der Waals surface area (Å²) in [5, 5.41) is 8.40. The van der Waals surface area contributed by atoms with Gasteiger partial charge in [0.05, 0.1) is 18.1 Å².